The Bertz CT molecular complexity index is 436. The van der Waals surface area contributed by atoms with Crippen LogP contribution in [0.25, 0.3) is 0 Å². The van der Waals surface area contributed by atoms with Crippen LogP contribution in [0.2, 0.25) is 0 Å². The van der Waals surface area contributed by atoms with Crippen molar-refractivity contribution in [1.29, 1.82) is 0 Å². The monoisotopic (exact) mass is 235 g/mol. The molecule has 0 saturated heterocycles. The lowest BCUT2D eigenvalue weighted by Gasteiger charge is -2.18. The van der Waals surface area contributed by atoms with Crippen LogP contribution in [-0.4, -0.2) is 34.8 Å². The van der Waals surface area contributed by atoms with Crippen LogP contribution < -0.4 is 0 Å². The van der Waals surface area contributed by atoms with E-state index in [1.165, 1.54) is 19.1 Å². The minimum absolute atomic E-state index is 0.139. The molecule has 1 amide bonds. The van der Waals surface area contributed by atoms with Gasteiger partial charge in [-0.25, -0.2) is 0 Å². The molecule has 0 aliphatic carbocycles. The van der Waals surface area contributed by atoms with Crippen LogP contribution in [0, 0.1) is 0 Å². The van der Waals surface area contributed by atoms with Crippen LogP contribution >= 0.6 is 0 Å². The molecule has 0 radical (unpaired) electrons. The highest BCUT2D eigenvalue weighted by molar-refractivity contribution is 6.00. The molecule has 0 aliphatic heterocycles. The average molecular weight is 235 g/mol. The molecular formula is C13H17NO3. The normalized spacial score (nSPS) is 10.1. The Morgan fingerprint density at radius 1 is 1.24 bits per heavy atom. The van der Waals surface area contributed by atoms with E-state index in [0.717, 1.165) is 0 Å². The van der Waals surface area contributed by atoms with Crippen LogP contribution in [0.15, 0.2) is 18.2 Å². The van der Waals surface area contributed by atoms with Crippen molar-refractivity contribution in [3.05, 3.63) is 29.3 Å². The molecule has 0 heterocycles. The highest BCUT2D eigenvalue weighted by Gasteiger charge is 2.15. The topological polar surface area (TPSA) is 57.6 Å². The second-order valence-electron chi connectivity index (χ2n) is 3.77. The predicted octanol–water partition coefficient (Wildman–Crippen LogP) is 2.08. The zero-order chi connectivity index (χ0) is 13.0. The minimum Gasteiger partial charge on any atom is -0.507 e. The molecule has 0 aliphatic rings. The molecule has 4 heteroatoms. The molecule has 1 aromatic carbocycles. The molecule has 0 atom stereocenters. The number of carbonyl (C=O) groups excluding carboxylic acids is 2. The van der Waals surface area contributed by atoms with Crippen LogP contribution in [-0.2, 0) is 0 Å². The van der Waals surface area contributed by atoms with Gasteiger partial charge >= 0.3 is 0 Å². The zero-order valence-electron chi connectivity index (χ0n) is 10.4. The Labute approximate surface area is 101 Å². The third-order valence-corrected chi connectivity index (χ3v) is 2.67. The van der Waals surface area contributed by atoms with Gasteiger partial charge in [-0.3, -0.25) is 9.59 Å². The standard InChI is InChI=1S/C13H17NO3/c1-4-14(5-2)13(17)10-6-7-11(9(3)15)12(16)8-10/h6-8,16H,4-5H2,1-3H3. The number of Topliss-reactive ketones (excluding diaryl/α,β-unsaturated/α-hetero) is 1. The van der Waals surface area contributed by atoms with E-state index in [0.29, 0.717) is 18.7 Å². The molecule has 1 rings (SSSR count). The highest BCUT2D eigenvalue weighted by atomic mass is 16.3. The van der Waals surface area contributed by atoms with E-state index in [4.69, 9.17) is 0 Å². The van der Waals surface area contributed by atoms with E-state index in [1.807, 2.05) is 13.8 Å². The Kier molecular flexibility index (Phi) is 4.26. The van der Waals surface area contributed by atoms with E-state index in [2.05, 4.69) is 0 Å². The number of benzene rings is 1. The number of carbonyl (C=O) groups is 2. The molecule has 0 saturated carbocycles. The number of phenols is 1. The van der Waals surface area contributed by atoms with Crippen LogP contribution in [0.5, 0.6) is 5.75 Å². The maximum Gasteiger partial charge on any atom is 0.253 e. The van der Waals surface area contributed by atoms with Crippen LogP contribution in [0.1, 0.15) is 41.5 Å². The van der Waals surface area contributed by atoms with Crippen molar-refractivity contribution in [3.8, 4) is 5.75 Å². The smallest absolute Gasteiger partial charge is 0.253 e. The van der Waals surface area contributed by atoms with E-state index >= 15 is 0 Å². The number of nitrogens with zero attached hydrogens (tertiary/aromatic N) is 1. The molecule has 1 aromatic rings. The lowest BCUT2D eigenvalue weighted by Crippen LogP contribution is -2.30. The van der Waals surface area contributed by atoms with Gasteiger partial charge in [0.15, 0.2) is 5.78 Å². The summed E-state index contributed by atoms with van der Waals surface area (Å²) >= 11 is 0. The van der Waals surface area contributed by atoms with Crippen molar-refractivity contribution in [2.45, 2.75) is 20.8 Å². The molecule has 92 valence electrons. The number of hydrogen-bond acceptors (Lipinski definition) is 3. The van der Waals surface area contributed by atoms with Gasteiger partial charge in [-0.15, -0.1) is 0 Å². The van der Waals surface area contributed by atoms with Crippen molar-refractivity contribution in [3.63, 3.8) is 0 Å². The van der Waals surface area contributed by atoms with Gasteiger partial charge in [0.1, 0.15) is 5.75 Å². The molecule has 17 heavy (non-hydrogen) atoms. The van der Waals surface area contributed by atoms with Crippen molar-refractivity contribution >= 4 is 11.7 Å². The maximum atomic E-state index is 12.0. The van der Waals surface area contributed by atoms with Crippen molar-refractivity contribution in [2.75, 3.05) is 13.1 Å². The Morgan fingerprint density at radius 3 is 2.24 bits per heavy atom. The van der Waals surface area contributed by atoms with E-state index < -0.39 is 0 Å². The molecule has 0 spiro atoms. The third kappa shape index (κ3) is 2.84. The molecule has 1 N–H and O–H groups in total. The number of phenolic OH excluding ortho intramolecular Hbond substituents is 1. The largest absolute Gasteiger partial charge is 0.507 e. The van der Waals surface area contributed by atoms with Gasteiger partial charge in [0, 0.05) is 18.7 Å². The summed E-state index contributed by atoms with van der Waals surface area (Å²) in [5.41, 5.74) is 0.636. The molecule has 0 bridgehead atoms. The first-order valence-corrected chi connectivity index (χ1v) is 5.64. The van der Waals surface area contributed by atoms with Gasteiger partial charge in [-0.05, 0) is 39.0 Å². The number of ketones is 1. The van der Waals surface area contributed by atoms with Crippen LogP contribution in [0.4, 0.5) is 0 Å². The van der Waals surface area contributed by atoms with E-state index in [9.17, 15) is 14.7 Å². The summed E-state index contributed by atoms with van der Waals surface area (Å²) in [4.78, 5) is 24.8. The lowest BCUT2D eigenvalue weighted by atomic mass is 10.1. The average Bonchev–Trinajstić information content (AvgIpc) is 2.29. The summed E-state index contributed by atoms with van der Waals surface area (Å²) in [6, 6.07) is 4.39. The van der Waals surface area contributed by atoms with Crippen LogP contribution in [0.3, 0.4) is 0 Å². The molecule has 0 unspecified atom stereocenters. The number of rotatable bonds is 4. The SMILES string of the molecule is CCN(CC)C(=O)c1ccc(C(C)=O)c(O)c1. The van der Waals surface area contributed by atoms with E-state index in [-0.39, 0.29) is 23.0 Å². The first-order chi connectivity index (χ1) is 8.01. The summed E-state index contributed by atoms with van der Waals surface area (Å²) < 4.78 is 0. The van der Waals surface area contributed by atoms with Gasteiger partial charge in [-0.1, -0.05) is 0 Å². The second-order valence-corrected chi connectivity index (χ2v) is 3.77. The van der Waals surface area contributed by atoms with Gasteiger partial charge in [-0.2, -0.15) is 0 Å². The Morgan fingerprint density at radius 2 is 1.82 bits per heavy atom. The fourth-order valence-electron chi connectivity index (χ4n) is 1.66. The predicted molar refractivity (Wildman–Crippen MR) is 65.4 cm³/mol. The quantitative estimate of drug-likeness (QED) is 0.813. The minimum atomic E-state index is -0.218. The number of amides is 1. The van der Waals surface area contributed by atoms with Gasteiger partial charge in [0.05, 0.1) is 5.56 Å². The first kappa shape index (κ1) is 13.2. The van der Waals surface area contributed by atoms with Crippen molar-refractivity contribution < 1.29 is 14.7 Å². The molecule has 0 aromatic heterocycles. The molecular weight excluding hydrogens is 218 g/mol. The summed E-state index contributed by atoms with van der Waals surface area (Å²) in [7, 11) is 0. The van der Waals surface area contributed by atoms with Crippen molar-refractivity contribution in [1.82, 2.24) is 4.90 Å². The number of hydrogen-bond donors (Lipinski definition) is 1. The van der Waals surface area contributed by atoms with Gasteiger partial charge < -0.3 is 10.0 Å². The van der Waals surface area contributed by atoms with Gasteiger partial charge in [0.2, 0.25) is 0 Å². The third-order valence-electron chi connectivity index (χ3n) is 2.67. The maximum absolute atomic E-state index is 12.0. The summed E-state index contributed by atoms with van der Waals surface area (Å²) in [6.45, 7) is 6.40. The number of aromatic hydroxyl groups is 1. The first-order valence-electron chi connectivity index (χ1n) is 5.64. The fourth-order valence-corrected chi connectivity index (χ4v) is 1.66. The summed E-state index contributed by atoms with van der Waals surface area (Å²) in [5.74, 6) is -0.500. The fraction of sp³-hybridized carbons (Fsp3) is 0.385. The molecule has 4 nitrogen and oxygen atoms in total. The van der Waals surface area contributed by atoms with Crippen molar-refractivity contribution in [2.24, 2.45) is 0 Å². The van der Waals surface area contributed by atoms with Gasteiger partial charge in [0.25, 0.3) is 5.91 Å². The molecule has 0 fully saturated rings. The lowest BCUT2D eigenvalue weighted by molar-refractivity contribution is 0.0772. The Hall–Kier alpha value is -1.84. The Balaban J connectivity index is 3.05. The summed E-state index contributed by atoms with van der Waals surface area (Å²) in [6.07, 6.45) is 0. The summed E-state index contributed by atoms with van der Waals surface area (Å²) in [5, 5.41) is 9.65. The zero-order valence-corrected chi connectivity index (χ0v) is 10.4. The highest BCUT2D eigenvalue weighted by Crippen LogP contribution is 2.20. The van der Waals surface area contributed by atoms with E-state index in [1.54, 1.807) is 11.0 Å². The second kappa shape index (κ2) is 5.48.